The van der Waals surface area contributed by atoms with Crippen molar-refractivity contribution in [3.05, 3.63) is 45.9 Å². The minimum atomic E-state index is -0.182. The second kappa shape index (κ2) is 7.35. The number of thiazole rings is 1. The average molecular weight is 293 g/mol. The molecule has 0 amide bonds. The van der Waals surface area contributed by atoms with E-state index in [1.165, 1.54) is 0 Å². The number of hydrazine groups is 1. The number of aromatic nitrogens is 1. The summed E-state index contributed by atoms with van der Waals surface area (Å²) in [6.45, 7) is 3.02. The lowest BCUT2D eigenvalue weighted by atomic mass is 10.0. The molecule has 0 spiro atoms. The number of nitrogens with two attached hydrogens (primary N) is 1. The summed E-state index contributed by atoms with van der Waals surface area (Å²) in [7, 11) is 1.65. The highest BCUT2D eigenvalue weighted by Crippen LogP contribution is 2.30. The molecule has 2 aromatic rings. The molecule has 0 saturated carbocycles. The zero-order valence-corrected chi connectivity index (χ0v) is 12.4. The van der Waals surface area contributed by atoms with Crippen LogP contribution in [0, 0.1) is 6.92 Å². The molecule has 1 unspecified atom stereocenters. The number of hydrogen-bond acceptors (Lipinski definition) is 6. The third kappa shape index (κ3) is 3.55. The number of rotatable bonds is 7. The van der Waals surface area contributed by atoms with E-state index in [9.17, 15) is 0 Å². The standard InChI is InChI=1S/C14H19N3O2S/c1-10-16-12(9-20-10)14(17-15)11-5-3-4-6-13(11)19-8-7-18-2/h3-6,9,14,17H,7-8,15H2,1-2H3. The van der Waals surface area contributed by atoms with E-state index in [2.05, 4.69) is 10.4 Å². The number of nitrogens with one attached hydrogen (secondary N) is 1. The zero-order valence-electron chi connectivity index (χ0n) is 11.6. The summed E-state index contributed by atoms with van der Waals surface area (Å²) in [4.78, 5) is 4.49. The smallest absolute Gasteiger partial charge is 0.124 e. The number of para-hydroxylation sites is 1. The number of hydrogen-bond donors (Lipinski definition) is 2. The maximum atomic E-state index is 5.74. The van der Waals surface area contributed by atoms with E-state index in [1.807, 2.05) is 36.6 Å². The van der Waals surface area contributed by atoms with E-state index in [4.69, 9.17) is 15.3 Å². The highest BCUT2D eigenvalue weighted by molar-refractivity contribution is 7.09. The first kappa shape index (κ1) is 14.9. The molecule has 1 aromatic carbocycles. The number of methoxy groups -OCH3 is 1. The molecular formula is C14H19N3O2S. The van der Waals surface area contributed by atoms with Crippen LogP contribution >= 0.6 is 11.3 Å². The topological polar surface area (TPSA) is 69.4 Å². The van der Waals surface area contributed by atoms with Crippen LogP contribution in [0.4, 0.5) is 0 Å². The second-order valence-electron chi connectivity index (χ2n) is 4.27. The third-order valence-electron chi connectivity index (χ3n) is 2.87. The summed E-state index contributed by atoms with van der Waals surface area (Å²) < 4.78 is 10.7. The molecule has 0 fully saturated rings. The molecule has 6 heteroatoms. The maximum Gasteiger partial charge on any atom is 0.124 e. The molecule has 1 heterocycles. The van der Waals surface area contributed by atoms with Crippen molar-refractivity contribution >= 4 is 11.3 Å². The van der Waals surface area contributed by atoms with Gasteiger partial charge in [0.05, 0.1) is 23.4 Å². The lowest BCUT2D eigenvalue weighted by molar-refractivity contribution is 0.145. The van der Waals surface area contributed by atoms with Gasteiger partial charge in [-0.05, 0) is 13.0 Å². The Kier molecular flexibility index (Phi) is 5.49. The number of aryl methyl sites for hydroxylation is 1. The molecule has 108 valence electrons. The Morgan fingerprint density at radius 3 is 2.80 bits per heavy atom. The van der Waals surface area contributed by atoms with E-state index in [0.717, 1.165) is 22.0 Å². The van der Waals surface area contributed by atoms with Gasteiger partial charge in [-0.2, -0.15) is 0 Å². The summed E-state index contributed by atoms with van der Waals surface area (Å²) in [6.07, 6.45) is 0. The van der Waals surface area contributed by atoms with Crippen LogP contribution in [0.1, 0.15) is 22.3 Å². The molecule has 0 aliphatic carbocycles. The minimum absolute atomic E-state index is 0.182. The number of nitrogens with zero attached hydrogens (tertiary/aromatic N) is 1. The van der Waals surface area contributed by atoms with Crippen LogP contribution in [-0.2, 0) is 4.74 Å². The van der Waals surface area contributed by atoms with Gasteiger partial charge < -0.3 is 9.47 Å². The predicted octanol–water partition coefficient (Wildman–Crippen LogP) is 2.03. The monoisotopic (exact) mass is 293 g/mol. The first-order chi connectivity index (χ1) is 9.76. The van der Waals surface area contributed by atoms with Crippen LogP contribution in [-0.4, -0.2) is 25.3 Å². The maximum absolute atomic E-state index is 5.74. The quantitative estimate of drug-likeness (QED) is 0.464. The SMILES string of the molecule is COCCOc1ccccc1C(NN)c1csc(C)n1. The van der Waals surface area contributed by atoms with Gasteiger partial charge in [0.15, 0.2) is 0 Å². The molecule has 0 radical (unpaired) electrons. The summed E-state index contributed by atoms with van der Waals surface area (Å²) in [5.74, 6) is 6.49. The highest BCUT2D eigenvalue weighted by Gasteiger charge is 2.19. The molecule has 3 N–H and O–H groups in total. The van der Waals surface area contributed by atoms with Crippen molar-refractivity contribution in [1.29, 1.82) is 0 Å². The Bertz CT molecular complexity index is 545. The summed E-state index contributed by atoms with van der Waals surface area (Å²) in [6, 6.07) is 7.63. The van der Waals surface area contributed by atoms with Crippen molar-refractivity contribution in [1.82, 2.24) is 10.4 Å². The lowest BCUT2D eigenvalue weighted by Gasteiger charge is -2.18. The van der Waals surface area contributed by atoms with Crippen molar-refractivity contribution in [2.24, 2.45) is 5.84 Å². The first-order valence-corrected chi connectivity index (χ1v) is 7.23. The largest absolute Gasteiger partial charge is 0.491 e. The van der Waals surface area contributed by atoms with E-state index in [-0.39, 0.29) is 6.04 Å². The van der Waals surface area contributed by atoms with Crippen molar-refractivity contribution < 1.29 is 9.47 Å². The van der Waals surface area contributed by atoms with Gasteiger partial charge in [-0.25, -0.2) is 10.4 Å². The van der Waals surface area contributed by atoms with Crippen LogP contribution in [0.2, 0.25) is 0 Å². The van der Waals surface area contributed by atoms with Gasteiger partial charge in [0.1, 0.15) is 12.4 Å². The van der Waals surface area contributed by atoms with Crippen molar-refractivity contribution in [2.45, 2.75) is 13.0 Å². The third-order valence-corrected chi connectivity index (χ3v) is 3.67. The van der Waals surface area contributed by atoms with Crippen molar-refractivity contribution in [2.75, 3.05) is 20.3 Å². The fourth-order valence-corrected chi connectivity index (χ4v) is 2.57. The normalized spacial score (nSPS) is 12.3. The molecule has 0 aliphatic heterocycles. The summed E-state index contributed by atoms with van der Waals surface area (Å²) >= 11 is 1.60. The minimum Gasteiger partial charge on any atom is -0.491 e. The van der Waals surface area contributed by atoms with Crippen molar-refractivity contribution in [3.63, 3.8) is 0 Å². The van der Waals surface area contributed by atoms with Crippen LogP contribution in [0.3, 0.4) is 0 Å². The molecular weight excluding hydrogens is 274 g/mol. The first-order valence-electron chi connectivity index (χ1n) is 6.35. The number of ether oxygens (including phenoxy) is 2. The van der Waals surface area contributed by atoms with Gasteiger partial charge >= 0.3 is 0 Å². The van der Waals surface area contributed by atoms with E-state index in [1.54, 1.807) is 18.4 Å². The molecule has 1 aromatic heterocycles. The van der Waals surface area contributed by atoms with Crippen molar-refractivity contribution in [3.8, 4) is 5.75 Å². The average Bonchev–Trinajstić information content (AvgIpc) is 2.88. The fourth-order valence-electron chi connectivity index (χ4n) is 1.93. The Hall–Kier alpha value is -1.47. The fraction of sp³-hybridized carbons (Fsp3) is 0.357. The van der Waals surface area contributed by atoms with Gasteiger partial charge in [0.25, 0.3) is 0 Å². The van der Waals surface area contributed by atoms with Gasteiger partial charge in [0.2, 0.25) is 0 Å². The Morgan fingerprint density at radius 1 is 1.35 bits per heavy atom. The highest BCUT2D eigenvalue weighted by atomic mass is 32.1. The second-order valence-corrected chi connectivity index (χ2v) is 5.33. The Balaban J connectivity index is 2.25. The summed E-state index contributed by atoms with van der Waals surface area (Å²) in [5, 5.41) is 3.02. The van der Waals surface area contributed by atoms with Crippen LogP contribution in [0.5, 0.6) is 5.75 Å². The van der Waals surface area contributed by atoms with Gasteiger partial charge in [-0.15, -0.1) is 11.3 Å². The van der Waals surface area contributed by atoms with Gasteiger partial charge in [-0.3, -0.25) is 5.84 Å². The predicted molar refractivity (Wildman–Crippen MR) is 79.8 cm³/mol. The Labute approximate surface area is 122 Å². The molecule has 0 saturated heterocycles. The Morgan fingerprint density at radius 2 is 2.15 bits per heavy atom. The molecule has 2 rings (SSSR count). The molecule has 5 nitrogen and oxygen atoms in total. The number of benzene rings is 1. The molecule has 20 heavy (non-hydrogen) atoms. The zero-order chi connectivity index (χ0) is 14.4. The van der Waals surface area contributed by atoms with Crippen LogP contribution in [0.25, 0.3) is 0 Å². The molecule has 0 aliphatic rings. The van der Waals surface area contributed by atoms with E-state index in [0.29, 0.717) is 13.2 Å². The van der Waals surface area contributed by atoms with E-state index >= 15 is 0 Å². The lowest BCUT2D eigenvalue weighted by Crippen LogP contribution is -2.29. The van der Waals surface area contributed by atoms with Crippen LogP contribution < -0.4 is 16.0 Å². The van der Waals surface area contributed by atoms with Gasteiger partial charge in [-0.1, -0.05) is 18.2 Å². The molecule has 1 atom stereocenters. The molecule has 0 bridgehead atoms. The van der Waals surface area contributed by atoms with E-state index < -0.39 is 0 Å². The summed E-state index contributed by atoms with van der Waals surface area (Å²) in [5.41, 5.74) is 4.68. The van der Waals surface area contributed by atoms with Crippen LogP contribution in [0.15, 0.2) is 29.6 Å². The van der Waals surface area contributed by atoms with Gasteiger partial charge in [0, 0.05) is 18.1 Å².